The summed E-state index contributed by atoms with van der Waals surface area (Å²) in [6.45, 7) is 7.35. The Hall–Kier alpha value is -1.34. The Balaban J connectivity index is 2.29. The van der Waals surface area contributed by atoms with Crippen LogP contribution in [0.5, 0.6) is 5.75 Å². The summed E-state index contributed by atoms with van der Waals surface area (Å²) in [7, 11) is -0.624. The van der Waals surface area contributed by atoms with Gasteiger partial charge in [0.25, 0.3) is 0 Å². The first-order chi connectivity index (χ1) is 10.2. The van der Waals surface area contributed by atoms with Crippen LogP contribution < -0.4 is 0 Å². The van der Waals surface area contributed by atoms with E-state index in [1.807, 2.05) is 27.7 Å². The van der Waals surface area contributed by atoms with Crippen LogP contribution in [0, 0.1) is 0 Å². The molecule has 120 valence electrons. The van der Waals surface area contributed by atoms with Crippen LogP contribution >= 0.6 is 0 Å². The molecule has 2 rings (SSSR count). The molecule has 0 bridgehead atoms. The number of aliphatic hydroxyl groups is 2. The Morgan fingerprint density at radius 2 is 1.73 bits per heavy atom. The smallest absolute Gasteiger partial charge is 0.492 e. The van der Waals surface area contributed by atoms with Crippen molar-refractivity contribution in [3.05, 3.63) is 34.8 Å². The van der Waals surface area contributed by atoms with E-state index < -0.39 is 18.3 Å². The second-order valence-corrected chi connectivity index (χ2v) is 6.51. The second kappa shape index (κ2) is 6.04. The van der Waals surface area contributed by atoms with Crippen LogP contribution in [0.15, 0.2) is 23.7 Å². The molecule has 0 spiro atoms. The van der Waals surface area contributed by atoms with Crippen molar-refractivity contribution >= 4 is 13.2 Å². The molecule has 0 atom stereocenters. The molecule has 6 heteroatoms. The van der Waals surface area contributed by atoms with E-state index in [2.05, 4.69) is 0 Å². The van der Waals surface area contributed by atoms with Crippen LogP contribution in [0.1, 0.15) is 38.8 Å². The predicted octanol–water partition coefficient (Wildman–Crippen LogP) is 1.89. The van der Waals surface area contributed by atoms with Crippen LogP contribution in [0.2, 0.25) is 0 Å². The van der Waals surface area contributed by atoms with Crippen molar-refractivity contribution < 1.29 is 24.6 Å². The summed E-state index contributed by atoms with van der Waals surface area (Å²) in [5, 5.41) is 28.4. The lowest BCUT2D eigenvalue weighted by Gasteiger charge is -2.32. The van der Waals surface area contributed by atoms with Gasteiger partial charge in [-0.2, -0.15) is 0 Å². The lowest BCUT2D eigenvalue weighted by atomic mass is 9.77. The SMILES string of the molecule is CC1(C)OB(C(=Cc2ccc(O)c(CO)c2)CO)OC1(C)C. The fourth-order valence-corrected chi connectivity index (χ4v) is 2.22. The van der Waals surface area contributed by atoms with Crippen molar-refractivity contribution in [2.45, 2.75) is 45.5 Å². The normalized spacial score (nSPS) is 20.5. The summed E-state index contributed by atoms with van der Waals surface area (Å²) >= 11 is 0. The summed E-state index contributed by atoms with van der Waals surface area (Å²) in [6.07, 6.45) is 1.75. The van der Waals surface area contributed by atoms with E-state index in [9.17, 15) is 15.3 Å². The zero-order valence-corrected chi connectivity index (χ0v) is 13.5. The van der Waals surface area contributed by atoms with Gasteiger partial charge in [0.2, 0.25) is 0 Å². The van der Waals surface area contributed by atoms with Crippen molar-refractivity contribution in [3.8, 4) is 5.75 Å². The van der Waals surface area contributed by atoms with Crippen molar-refractivity contribution in [2.24, 2.45) is 0 Å². The van der Waals surface area contributed by atoms with E-state index in [-0.39, 0.29) is 19.0 Å². The molecule has 1 aliphatic rings. The fraction of sp³-hybridized carbons (Fsp3) is 0.500. The highest BCUT2D eigenvalue weighted by atomic mass is 16.7. The number of aliphatic hydroxyl groups excluding tert-OH is 2. The molecule has 1 heterocycles. The minimum absolute atomic E-state index is 0.0424. The van der Waals surface area contributed by atoms with E-state index >= 15 is 0 Å². The summed E-state index contributed by atoms with van der Waals surface area (Å²) in [6, 6.07) is 4.88. The molecule has 1 fully saturated rings. The maximum absolute atomic E-state index is 9.64. The van der Waals surface area contributed by atoms with Crippen molar-refractivity contribution in [2.75, 3.05) is 6.61 Å². The van der Waals surface area contributed by atoms with Crippen LogP contribution in [0.3, 0.4) is 0 Å². The van der Waals surface area contributed by atoms with Gasteiger partial charge in [-0.3, -0.25) is 0 Å². The molecule has 22 heavy (non-hydrogen) atoms. The first-order valence-electron chi connectivity index (χ1n) is 7.30. The lowest BCUT2D eigenvalue weighted by molar-refractivity contribution is 0.00578. The Bertz CT molecular complexity index is 564. The monoisotopic (exact) mass is 306 g/mol. The highest BCUT2D eigenvalue weighted by Crippen LogP contribution is 2.38. The second-order valence-electron chi connectivity index (χ2n) is 6.51. The predicted molar refractivity (Wildman–Crippen MR) is 85.2 cm³/mol. The van der Waals surface area contributed by atoms with Gasteiger partial charge in [-0.1, -0.05) is 12.1 Å². The van der Waals surface area contributed by atoms with Gasteiger partial charge in [-0.25, -0.2) is 0 Å². The number of phenols is 1. The summed E-state index contributed by atoms with van der Waals surface area (Å²) in [5.41, 5.74) is 0.822. The average molecular weight is 306 g/mol. The molecule has 0 amide bonds. The van der Waals surface area contributed by atoms with E-state index in [1.165, 1.54) is 6.07 Å². The quantitative estimate of drug-likeness (QED) is 0.740. The van der Waals surface area contributed by atoms with Gasteiger partial charge in [-0.05, 0) is 50.9 Å². The largest absolute Gasteiger partial charge is 0.508 e. The highest BCUT2D eigenvalue weighted by molar-refractivity contribution is 6.55. The summed E-state index contributed by atoms with van der Waals surface area (Å²) in [5.74, 6) is 0.0424. The van der Waals surface area contributed by atoms with Gasteiger partial charge < -0.3 is 24.6 Å². The van der Waals surface area contributed by atoms with Gasteiger partial charge in [0, 0.05) is 5.56 Å². The Labute approximate surface area is 131 Å². The minimum Gasteiger partial charge on any atom is -0.508 e. The molecule has 1 aromatic rings. The number of benzene rings is 1. The maximum atomic E-state index is 9.64. The third-order valence-corrected chi connectivity index (χ3v) is 4.36. The molecule has 0 unspecified atom stereocenters. The van der Waals surface area contributed by atoms with Gasteiger partial charge in [0.1, 0.15) is 5.75 Å². The molecule has 1 aliphatic heterocycles. The Morgan fingerprint density at radius 3 is 2.23 bits per heavy atom. The first kappa shape index (κ1) is 17.0. The molecule has 0 radical (unpaired) electrons. The molecule has 0 saturated carbocycles. The van der Waals surface area contributed by atoms with Crippen molar-refractivity contribution in [1.82, 2.24) is 0 Å². The lowest BCUT2D eigenvalue weighted by Crippen LogP contribution is -2.41. The fourth-order valence-electron chi connectivity index (χ4n) is 2.22. The molecule has 1 aromatic carbocycles. The van der Waals surface area contributed by atoms with Gasteiger partial charge >= 0.3 is 7.12 Å². The molecular weight excluding hydrogens is 283 g/mol. The van der Waals surface area contributed by atoms with Crippen LogP contribution in [-0.2, 0) is 15.9 Å². The van der Waals surface area contributed by atoms with Gasteiger partial charge in [0.05, 0.1) is 24.4 Å². The van der Waals surface area contributed by atoms with Crippen LogP contribution in [0.25, 0.3) is 6.08 Å². The third-order valence-electron chi connectivity index (χ3n) is 4.36. The third kappa shape index (κ3) is 3.20. The molecule has 0 aromatic heterocycles. The minimum atomic E-state index is -0.624. The highest BCUT2D eigenvalue weighted by Gasteiger charge is 2.52. The van der Waals surface area contributed by atoms with Crippen LogP contribution in [-0.4, -0.2) is 40.2 Å². The molecule has 5 nitrogen and oxygen atoms in total. The number of rotatable bonds is 4. The van der Waals surface area contributed by atoms with Crippen molar-refractivity contribution in [3.63, 3.8) is 0 Å². The summed E-state index contributed by atoms with van der Waals surface area (Å²) in [4.78, 5) is 0. The van der Waals surface area contributed by atoms with Crippen molar-refractivity contribution in [1.29, 1.82) is 0 Å². The molecular formula is C16H23BO5. The van der Waals surface area contributed by atoms with Crippen LogP contribution in [0.4, 0.5) is 0 Å². The zero-order valence-electron chi connectivity index (χ0n) is 13.5. The number of hydrogen-bond acceptors (Lipinski definition) is 5. The maximum Gasteiger partial charge on any atom is 0.492 e. The number of hydrogen-bond donors (Lipinski definition) is 3. The first-order valence-corrected chi connectivity index (χ1v) is 7.30. The standard InChI is InChI=1S/C16H23BO5/c1-15(2)16(3,4)22-17(21-15)13(10-19)8-11-5-6-14(20)12(7-11)9-18/h5-8,18-20H,9-10H2,1-4H3. The van der Waals surface area contributed by atoms with E-state index in [0.717, 1.165) is 5.56 Å². The van der Waals surface area contributed by atoms with E-state index in [4.69, 9.17) is 9.31 Å². The zero-order chi connectivity index (χ0) is 16.5. The summed E-state index contributed by atoms with van der Waals surface area (Å²) < 4.78 is 11.8. The van der Waals surface area contributed by atoms with Gasteiger partial charge in [0.15, 0.2) is 0 Å². The topological polar surface area (TPSA) is 79.2 Å². The van der Waals surface area contributed by atoms with Gasteiger partial charge in [-0.15, -0.1) is 0 Å². The molecule has 0 aliphatic carbocycles. The van der Waals surface area contributed by atoms with E-state index in [1.54, 1.807) is 18.2 Å². The Kier molecular flexibility index (Phi) is 4.68. The Morgan fingerprint density at radius 1 is 1.14 bits per heavy atom. The molecule has 3 N–H and O–H groups in total. The van der Waals surface area contributed by atoms with E-state index in [0.29, 0.717) is 11.0 Å². The number of aromatic hydroxyl groups is 1. The molecule has 1 saturated heterocycles. The average Bonchev–Trinajstić information content (AvgIpc) is 2.66.